The zero-order valence-corrected chi connectivity index (χ0v) is 25.5. The maximum atomic E-state index is 12.3. The van der Waals surface area contributed by atoms with Gasteiger partial charge in [-0.05, 0) is 73.3 Å². The Morgan fingerprint density at radius 2 is 1.41 bits per heavy atom. The summed E-state index contributed by atoms with van der Waals surface area (Å²) in [5.41, 5.74) is 8.29. The molecule has 0 amide bonds. The largest absolute Gasteiger partial charge is 0.462 e. The third kappa shape index (κ3) is 10.4. The van der Waals surface area contributed by atoms with Crippen molar-refractivity contribution < 1.29 is 23.8 Å². The second kappa shape index (κ2) is 17.5. The molecule has 1 atom stereocenters. The van der Waals surface area contributed by atoms with Crippen LogP contribution in [0.5, 0.6) is 0 Å². The minimum Gasteiger partial charge on any atom is -0.462 e. The second-order valence-electron chi connectivity index (χ2n) is 12.3. The zero-order valence-electron chi connectivity index (χ0n) is 25.5. The van der Waals surface area contributed by atoms with Crippen molar-refractivity contribution >= 4 is 11.9 Å². The highest BCUT2D eigenvalue weighted by atomic mass is 16.5. The first kappa shape index (κ1) is 33.1. The van der Waals surface area contributed by atoms with Crippen LogP contribution in [-0.2, 0) is 23.8 Å². The van der Waals surface area contributed by atoms with Gasteiger partial charge in [0, 0.05) is 19.2 Å². The molecule has 3 rings (SSSR count). The van der Waals surface area contributed by atoms with Crippen LogP contribution in [0.1, 0.15) is 107 Å². The molecule has 6 heteroatoms. The summed E-state index contributed by atoms with van der Waals surface area (Å²) in [6, 6.07) is 8.55. The Morgan fingerprint density at radius 3 is 1.95 bits per heavy atom. The molecule has 0 radical (unpaired) electrons. The van der Waals surface area contributed by atoms with E-state index in [1.807, 2.05) is 0 Å². The summed E-state index contributed by atoms with van der Waals surface area (Å²) in [4.78, 5) is 24.5. The van der Waals surface area contributed by atoms with Crippen molar-refractivity contribution in [1.29, 1.82) is 0 Å². The van der Waals surface area contributed by atoms with Gasteiger partial charge in [-0.25, -0.2) is 9.59 Å². The van der Waals surface area contributed by atoms with Gasteiger partial charge in [0.1, 0.15) is 13.2 Å². The van der Waals surface area contributed by atoms with Crippen molar-refractivity contribution in [1.82, 2.24) is 0 Å². The highest BCUT2D eigenvalue weighted by molar-refractivity contribution is 5.88. The molecule has 2 aliphatic carbocycles. The monoisotopic (exact) mass is 567 g/mol. The minimum absolute atomic E-state index is 0.0343. The van der Waals surface area contributed by atoms with E-state index in [0.29, 0.717) is 5.92 Å². The van der Waals surface area contributed by atoms with E-state index >= 15 is 0 Å². The van der Waals surface area contributed by atoms with Gasteiger partial charge < -0.3 is 19.9 Å². The van der Waals surface area contributed by atoms with Crippen LogP contribution in [-0.4, -0.2) is 45.4 Å². The number of rotatable bonds is 16. The molecule has 1 aromatic rings. The Hall–Kier alpha value is -2.44. The third-order valence-electron chi connectivity index (χ3n) is 9.40. The molecule has 0 aliphatic heterocycles. The molecule has 0 heterocycles. The summed E-state index contributed by atoms with van der Waals surface area (Å²) in [7, 11) is 1.50. The standard InChI is InChI=1S/C35H53NO5/c1-5-6-7-8-27-9-11-28(12-10-27)29-13-15-30(16-14-29)31-17-19-32(20-18-31)33(23-40-34(37)25(2)21-36)24-41-35(38)26(3)22-39-4/h17-20,27-30,33H,2-3,5-16,21-24,36H2,1,4H3. The third-order valence-corrected chi connectivity index (χ3v) is 9.40. The molecule has 0 spiro atoms. The highest BCUT2D eigenvalue weighted by Crippen LogP contribution is 2.44. The molecule has 41 heavy (non-hydrogen) atoms. The number of carbonyl (C=O) groups is 2. The quantitative estimate of drug-likeness (QED) is 0.129. The van der Waals surface area contributed by atoms with Crippen molar-refractivity contribution in [3.63, 3.8) is 0 Å². The van der Waals surface area contributed by atoms with E-state index in [4.69, 9.17) is 19.9 Å². The Morgan fingerprint density at radius 1 is 0.854 bits per heavy atom. The maximum Gasteiger partial charge on any atom is 0.335 e. The van der Waals surface area contributed by atoms with E-state index in [2.05, 4.69) is 44.3 Å². The number of hydrogen-bond acceptors (Lipinski definition) is 6. The lowest BCUT2D eigenvalue weighted by molar-refractivity contribution is -0.142. The first-order chi connectivity index (χ1) is 19.9. The predicted octanol–water partition coefficient (Wildman–Crippen LogP) is 7.23. The van der Waals surface area contributed by atoms with Crippen LogP contribution in [0.4, 0.5) is 0 Å². The molecule has 1 unspecified atom stereocenters. The number of carbonyl (C=O) groups excluding carboxylic acids is 2. The van der Waals surface area contributed by atoms with Gasteiger partial charge in [-0.15, -0.1) is 0 Å². The maximum absolute atomic E-state index is 12.3. The number of methoxy groups -OCH3 is 1. The number of hydrogen-bond donors (Lipinski definition) is 1. The molecule has 0 saturated heterocycles. The molecular weight excluding hydrogens is 514 g/mol. The summed E-state index contributed by atoms with van der Waals surface area (Å²) in [5, 5.41) is 0. The van der Waals surface area contributed by atoms with Crippen LogP contribution in [0.3, 0.4) is 0 Å². The Balaban J connectivity index is 1.53. The minimum atomic E-state index is -0.536. The smallest absolute Gasteiger partial charge is 0.335 e. The molecular formula is C35H53NO5. The predicted molar refractivity (Wildman–Crippen MR) is 165 cm³/mol. The molecule has 6 nitrogen and oxygen atoms in total. The SMILES string of the molecule is C=C(CN)C(=O)OCC(COC(=O)C(=C)COC)c1ccc(C2CCC(C3CCC(CCCCC)CC3)CC2)cc1. The number of esters is 2. The van der Waals surface area contributed by atoms with Crippen LogP contribution >= 0.6 is 0 Å². The number of unbranched alkanes of at least 4 members (excludes halogenated alkanes) is 2. The second-order valence-corrected chi connectivity index (χ2v) is 12.3. The number of benzene rings is 1. The topological polar surface area (TPSA) is 87.9 Å². The summed E-state index contributed by atoms with van der Waals surface area (Å²) in [6.45, 7) is 9.91. The van der Waals surface area contributed by atoms with E-state index in [-0.39, 0.29) is 43.4 Å². The lowest BCUT2D eigenvalue weighted by Crippen LogP contribution is -2.25. The zero-order chi connectivity index (χ0) is 29.6. The summed E-state index contributed by atoms with van der Waals surface area (Å²) < 4.78 is 15.9. The van der Waals surface area contributed by atoms with Crippen molar-refractivity contribution in [3.05, 3.63) is 59.7 Å². The van der Waals surface area contributed by atoms with Gasteiger partial charge in [-0.2, -0.15) is 0 Å². The van der Waals surface area contributed by atoms with E-state index in [9.17, 15) is 9.59 Å². The van der Waals surface area contributed by atoms with Crippen LogP contribution in [0.2, 0.25) is 0 Å². The fourth-order valence-electron chi connectivity index (χ4n) is 6.71. The average molecular weight is 568 g/mol. The van der Waals surface area contributed by atoms with Crippen LogP contribution in [0.15, 0.2) is 48.6 Å². The van der Waals surface area contributed by atoms with Gasteiger partial charge in [0.05, 0.1) is 18.1 Å². The first-order valence-electron chi connectivity index (χ1n) is 15.8. The van der Waals surface area contributed by atoms with Gasteiger partial charge in [0.25, 0.3) is 0 Å². The van der Waals surface area contributed by atoms with E-state index in [1.54, 1.807) is 0 Å². The fourth-order valence-corrected chi connectivity index (χ4v) is 6.71. The normalized spacial score (nSPS) is 23.4. The molecule has 228 valence electrons. The van der Waals surface area contributed by atoms with Crippen LogP contribution in [0.25, 0.3) is 0 Å². The van der Waals surface area contributed by atoms with Crippen molar-refractivity contribution in [2.75, 3.05) is 33.5 Å². The van der Waals surface area contributed by atoms with Crippen molar-refractivity contribution in [3.8, 4) is 0 Å². The van der Waals surface area contributed by atoms with Gasteiger partial charge in [0.2, 0.25) is 0 Å². The molecule has 0 aromatic heterocycles. The molecule has 0 bridgehead atoms. The average Bonchev–Trinajstić information content (AvgIpc) is 3.01. The Bertz CT molecular complexity index is 971. The van der Waals surface area contributed by atoms with Crippen molar-refractivity contribution in [2.45, 2.75) is 95.8 Å². The Kier molecular flexibility index (Phi) is 14.1. The Labute approximate surface area is 248 Å². The lowest BCUT2D eigenvalue weighted by Gasteiger charge is -2.38. The molecule has 2 saturated carbocycles. The van der Waals surface area contributed by atoms with Crippen LogP contribution < -0.4 is 5.73 Å². The van der Waals surface area contributed by atoms with Gasteiger partial charge in [-0.1, -0.05) is 82.9 Å². The van der Waals surface area contributed by atoms with Gasteiger partial charge >= 0.3 is 11.9 Å². The number of nitrogens with two attached hydrogens (primary N) is 1. The van der Waals surface area contributed by atoms with Gasteiger partial charge in [0.15, 0.2) is 0 Å². The van der Waals surface area contributed by atoms with E-state index < -0.39 is 11.9 Å². The molecule has 1 aromatic carbocycles. The summed E-state index contributed by atoms with van der Waals surface area (Å²) >= 11 is 0. The summed E-state index contributed by atoms with van der Waals surface area (Å²) in [6.07, 6.45) is 16.5. The highest BCUT2D eigenvalue weighted by Gasteiger charge is 2.31. The molecule has 2 N–H and O–H groups in total. The van der Waals surface area contributed by atoms with E-state index in [0.717, 1.165) is 23.3 Å². The molecule has 2 fully saturated rings. The summed E-state index contributed by atoms with van der Waals surface area (Å²) in [5.74, 6) is 2.02. The number of ether oxygens (including phenoxy) is 3. The fraction of sp³-hybridized carbons (Fsp3) is 0.657. The molecule has 2 aliphatic rings. The van der Waals surface area contributed by atoms with Gasteiger partial charge in [-0.3, -0.25) is 0 Å². The first-order valence-corrected chi connectivity index (χ1v) is 15.8. The lowest BCUT2D eigenvalue weighted by atomic mass is 9.68. The van der Waals surface area contributed by atoms with Crippen molar-refractivity contribution in [2.24, 2.45) is 23.5 Å². The van der Waals surface area contributed by atoms with Crippen LogP contribution in [0, 0.1) is 17.8 Å². The van der Waals surface area contributed by atoms with E-state index in [1.165, 1.54) is 89.7 Å².